The number of ketones is 3. The molecule has 3 rings (SSSR count). The van der Waals surface area contributed by atoms with Crippen molar-refractivity contribution in [1.29, 1.82) is 0 Å². The van der Waals surface area contributed by atoms with E-state index in [4.69, 9.17) is 4.74 Å². The van der Waals surface area contributed by atoms with E-state index in [-0.39, 0.29) is 22.4 Å². The molecule has 0 aromatic heterocycles. The van der Waals surface area contributed by atoms with Gasteiger partial charge in [-0.2, -0.15) is 0 Å². The van der Waals surface area contributed by atoms with Crippen LogP contribution in [-0.4, -0.2) is 24.5 Å². The summed E-state index contributed by atoms with van der Waals surface area (Å²) >= 11 is 0. The van der Waals surface area contributed by atoms with Gasteiger partial charge in [-0.25, -0.2) is 0 Å². The molecule has 4 nitrogen and oxygen atoms in total. The first kappa shape index (κ1) is 19.1. The second-order valence-corrected chi connectivity index (χ2v) is 9.19. The summed E-state index contributed by atoms with van der Waals surface area (Å²) in [5, 5.41) is 0. The van der Waals surface area contributed by atoms with Crippen molar-refractivity contribution in [3.63, 3.8) is 0 Å². The van der Waals surface area contributed by atoms with Crippen molar-refractivity contribution in [1.82, 2.24) is 0 Å². The molecule has 0 heterocycles. The topological polar surface area (TPSA) is 60.4 Å². The Morgan fingerprint density at radius 2 is 1.85 bits per heavy atom. The molecule has 0 amide bonds. The maximum atomic E-state index is 12.7. The van der Waals surface area contributed by atoms with E-state index in [0.29, 0.717) is 18.3 Å². The van der Waals surface area contributed by atoms with E-state index in [1.807, 2.05) is 0 Å². The molecule has 0 radical (unpaired) electrons. The van der Waals surface area contributed by atoms with Gasteiger partial charge in [0.15, 0.2) is 5.76 Å². The Morgan fingerprint density at radius 3 is 2.50 bits per heavy atom. The molecule has 1 saturated carbocycles. The highest BCUT2D eigenvalue weighted by Gasteiger charge is 2.51. The van der Waals surface area contributed by atoms with E-state index in [9.17, 15) is 14.4 Å². The average Bonchev–Trinajstić information content (AvgIpc) is 2.58. The minimum atomic E-state index is -0.903. The van der Waals surface area contributed by atoms with Gasteiger partial charge in [0.1, 0.15) is 0 Å². The monoisotopic (exact) mass is 358 g/mol. The van der Waals surface area contributed by atoms with Crippen LogP contribution in [0.3, 0.4) is 0 Å². The summed E-state index contributed by atoms with van der Waals surface area (Å²) in [5.41, 5.74) is 1.47. The molecule has 3 aliphatic carbocycles. The van der Waals surface area contributed by atoms with Gasteiger partial charge in [0.05, 0.1) is 13.0 Å². The zero-order chi connectivity index (χ0) is 19.3. The molecule has 0 N–H and O–H groups in total. The summed E-state index contributed by atoms with van der Waals surface area (Å²) in [4.78, 5) is 37.3. The van der Waals surface area contributed by atoms with E-state index < -0.39 is 17.5 Å². The van der Waals surface area contributed by atoms with Gasteiger partial charge in [0.25, 0.3) is 0 Å². The number of Topliss-reactive ketones (excluding diaryl/α,β-unsaturated/α-hetero) is 2. The second-order valence-electron chi connectivity index (χ2n) is 9.19. The number of hydrogen-bond acceptors (Lipinski definition) is 4. The molecule has 2 unspecified atom stereocenters. The minimum Gasteiger partial charge on any atom is -0.493 e. The molecule has 3 aliphatic rings. The average molecular weight is 358 g/mol. The third-order valence-electron chi connectivity index (χ3n) is 7.31. The molecule has 0 aromatic rings. The van der Waals surface area contributed by atoms with Crippen molar-refractivity contribution >= 4 is 17.3 Å². The lowest BCUT2D eigenvalue weighted by molar-refractivity contribution is -0.144. The summed E-state index contributed by atoms with van der Waals surface area (Å²) in [7, 11) is 1.37. The minimum absolute atomic E-state index is 0.0198. The quantitative estimate of drug-likeness (QED) is 0.434. The van der Waals surface area contributed by atoms with Crippen molar-refractivity contribution < 1.29 is 19.1 Å². The van der Waals surface area contributed by atoms with Gasteiger partial charge in [-0.05, 0) is 48.3 Å². The van der Waals surface area contributed by atoms with Gasteiger partial charge in [-0.15, -0.1) is 0 Å². The lowest BCUT2D eigenvalue weighted by Crippen LogP contribution is -2.47. The van der Waals surface area contributed by atoms with Crippen LogP contribution < -0.4 is 0 Å². The van der Waals surface area contributed by atoms with Crippen LogP contribution in [0.2, 0.25) is 0 Å². The maximum absolute atomic E-state index is 12.7. The molecule has 142 valence electrons. The predicted molar refractivity (Wildman–Crippen MR) is 99.3 cm³/mol. The number of rotatable bonds is 3. The number of hydrogen-bond donors (Lipinski definition) is 0. The zero-order valence-corrected chi connectivity index (χ0v) is 16.6. The molecular formula is C22H30O4. The first-order valence-electron chi connectivity index (χ1n) is 9.70. The Morgan fingerprint density at radius 1 is 1.15 bits per heavy atom. The second kappa shape index (κ2) is 6.47. The molecule has 0 aliphatic heterocycles. The van der Waals surface area contributed by atoms with E-state index in [0.717, 1.165) is 25.3 Å². The third kappa shape index (κ3) is 2.87. The van der Waals surface area contributed by atoms with E-state index in [2.05, 4.69) is 33.8 Å². The van der Waals surface area contributed by atoms with Crippen LogP contribution in [0.5, 0.6) is 0 Å². The normalized spacial score (nSPS) is 37.0. The molecule has 1 fully saturated rings. The molecule has 4 atom stereocenters. The first-order chi connectivity index (χ1) is 12.1. The Bertz CT molecular complexity index is 712. The van der Waals surface area contributed by atoms with Crippen molar-refractivity contribution in [3.8, 4) is 0 Å². The SMILES string of the molecule is COC1=CC(=O)C(=O)C(C[C@@]2(C)C3CCCC(C)(C)C3=CC[C@@H]2C)C1=O. The summed E-state index contributed by atoms with van der Waals surface area (Å²) in [6.45, 7) is 9.02. The van der Waals surface area contributed by atoms with Gasteiger partial charge in [-0.1, -0.05) is 45.8 Å². The fourth-order valence-corrected chi connectivity index (χ4v) is 5.39. The fraction of sp³-hybridized carbons (Fsp3) is 0.682. The van der Waals surface area contributed by atoms with Gasteiger partial charge in [0, 0.05) is 6.08 Å². The van der Waals surface area contributed by atoms with Crippen molar-refractivity contribution in [3.05, 3.63) is 23.5 Å². The van der Waals surface area contributed by atoms with Crippen molar-refractivity contribution in [2.45, 2.75) is 59.8 Å². The fourth-order valence-electron chi connectivity index (χ4n) is 5.39. The molecular weight excluding hydrogens is 328 g/mol. The summed E-state index contributed by atoms with van der Waals surface area (Å²) in [6.07, 6.45) is 8.25. The maximum Gasteiger partial charge on any atom is 0.226 e. The van der Waals surface area contributed by atoms with Crippen LogP contribution >= 0.6 is 0 Å². The highest BCUT2D eigenvalue weighted by atomic mass is 16.5. The van der Waals surface area contributed by atoms with E-state index in [1.54, 1.807) is 0 Å². The Hall–Kier alpha value is -1.71. The van der Waals surface area contributed by atoms with Gasteiger partial charge < -0.3 is 4.74 Å². The number of allylic oxidation sites excluding steroid dienone is 4. The standard InChI is InChI=1S/C22H30O4/c1-13-8-9-15-16(7-6-10-21(15,2)3)22(13,4)12-14-19(24)17(23)11-18(26-5)20(14)25/h9,11,13-14,16H,6-8,10,12H2,1-5H3/t13-,14?,16?,22+/m0/s1. The number of ether oxygens (including phenoxy) is 1. The third-order valence-corrected chi connectivity index (χ3v) is 7.31. The van der Waals surface area contributed by atoms with Crippen molar-refractivity contribution in [2.75, 3.05) is 7.11 Å². The lowest BCUT2D eigenvalue weighted by atomic mass is 9.51. The Balaban J connectivity index is 1.96. The van der Waals surface area contributed by atoms with Crippen LogP contribution in [-0.2, 0) is 19.1 Å². The van der Waals surface area contributed by atoms with Gasteiger partial charge >= 0.3 is 0 Å². The van der Waals surface area contributed by atoms with Gasteiger partial charge in [-0.3, -0.25) is 14.4 Å². The highest BCUT2D eigenvalue weighted by molar-refractivity contribution is 6.48. The zero-order valence-electron chi connectivity index (χ0n) is 16.6. The molecule has 0 bridgehead atoms. The molecule has 26 heavy (non-hydrogen) atoms. The highest BCUT2D eigenvalue weighted by Crippen LogP contribution is 2.58. The van der Waals surface area contributed by atoms with E-state index >= 15 is 0 Å². The largest absolute Gasteiger partial charge is 0.493 e. The van der Waals surface area contributed by atoms with E-state index in [1.165, 1.54) is 19.1 Å². The van der Waals surface area contributed by atoms with Crippen LogP contribution in [0, 0.1) is 28.6 Å². The number of carbonyl (C=O) groups excluding carboxylic acids is 3. The van der Waals surface area contributed by atoms with Crippen LogP contribution in [0.15, 0.2) is 23.5 Å². The summed E-state index contributed by atoms with van der Waals surface area (Å²) in [6, 6.07) is 0. The summed E-state index contributed by atoms with van der Waals surface area (Å²) < 4.78 is 5.07. The van der Waals surface area contributed by atoms with Crippen molar-refractivity contribution in [2.24, 2.45) is 28.6 Å². The van der Waals surface area contributed by atoms with Crippen LogP contribution in [0.4, 0.5) is 0 Å². The first-order valence-corrected chi connectivity index (χ1v) is 9.70. The molecule has 4 heteroatoms. The lowest BCUT2D eigenvalue weighted by Gasteiger charge is -2.54. The molecule has 0 saturated heterocycles. The Labute approximate surface area is 156 Å². The predicted octanol–water partition coefficient (Wildman–Crippen LogP) is 4.04. The smallest absolute Gasteiger partial charge is 0.226 e. The number of methoxy groups -OCH3 is 1. The van der Waals surface area contributed by atoms with Crippen LogP contribution in [0.25, 0.3) is 0 Å². The summed E-state index contributed by atoms with van der Waals surface area (Å²) in [5.74, 6) is -1.68. The molecule has 0 aromatic carbocycles. The number of fused-ring (bicyclic) bond motifs is 1. The Kier molecular flexibility index (Phi) is 4.74. The number of carbonyl (C=O) groups is 3. The van der Waals surface area contributed by atoms with Crippen LogP contribution in [0.1, 0.15) is 59.8 Å². The van der Waals surface area contributed by atoms with Gasteiger partial charge in [0.2, 0.25) is 17.3 Å². The molecule has 0 spiro atoms.